The number of carbonyl (C=O) groups is 2. The molecule has 0 aromatic heterocycles. The normalized spacial score (nSPS) is 36.6. The van der Waals surface area contributed by atoms with Crippen molar-refractivity contribution in [3.63, 3.8) is 0 Å². The van der Waals surface area contributed by atoms with Gasteiger partial charge in [0.05, 0.1) is 36.0 Å². The van der Waals surface area contributed by atoms with E-state index in [4.69, 9.17) is 18.9 Å². The number of esters is 1. The molecule has 9 atom stereocenters. The third-order valence-electron chi connectivity index (χ3n) is 6.47. The summed E-state index contributed by atoms with van der Waals surface area (Å²) >= 11 is 0. The molecule has 3 aliphatic rings. The Labute approximate surface area is 199 Å². The largest absolute Gasteiger partial charge is 0.508 e. The van der Waals surface area contributed by atoms with Gasteiger partial charge in [-0.25, -0.2) is 9.59 Å². The molecule has 1 saturated carbocycles. The zero-order chi connectivity index (χ0) is 25.4. The van der Waals surface area contributed by atoms with E-state index in [0.29, 0.717) is 0 Å². The lowest BCUT2D eigenvalue weighted by Gasteiger charge is -2.43. The lowest BCUT2D eigenvalue weighted by atomic mass is 9.85. The molecule has 190 valence electrons. The highest BCUT2D eigenvalue weighted by molar-refractivity contribution is 5.89. The second-order valence-electron chi connectivity index (χ2n) is 8.60. The van der Waals surface area contributed by atoms with E-state index in [0.717, 1.165) is 6.26 Å². The van der Waals surface area contributed by atoms with Gasteiger partial charge in [0.15, 0.2) is 6.10 Å². The molecule has 0 radical (unpaired) electrons. The predicted octanol–water partition coefficient (Wildman–Crippen LogP) is -0.749. The van der Waals surface area contributed by atoms with Gasteiger partial charge in [0.1, 0.15) is 24.1 Å². The number of aromatic hydroxyl groups is 1. The van der Waals surface area contributed by atoms with Crippen molar-refractivity contribution in [1.82, 2.24) is 0 Å². The van der Waals surface area contributed by atoms with E-state index in [1.54, 1.807) is 0 Å². The van der Waals surface area contributed by atoms with Crippen LogP contribution in [-0.2, 0) is 23.7 Å². The van der Waals surface area contributed by atoms with E-state index in [9.17, 15) is 40.2 Å². The van der Waals surface area contributed by atoms with E-state index in [1.807, 2.05) is 0 Å². The number of fused-ring (bicyclic) bond motifs is 1. The Hall–Kier alpha value is -3.00. The Morgan fingerprint density at radius 3 is 2.40 bits per heavy atom. The Bertz CT molecular complexity index is 1000. The van der Waals surface area contributed by atoms with Gasteiger partial charge in [0, 0.05) is 5.92 Å². The van der Waals surface area contributed by atoms with Crippen LogP contribution in [0, 0.1) is 11.8 Å². The summed E-state index contributed by atoms with van der Waals surface area (Å²) in [6, 6.07) is 5.09. The van der Waals surface area contributed by atoms with Crippen molar-refractivity contribution in [1.29, 1.82) is 0 Å². The highest BCUT2D eigenvalue weighted by Gasteiger charge is 2.53. The molecule has 2 fully saturated rings. The van der Waals surface area contributed by atoms with Crippen LogP contribution in [0.5, 0.6) is 5.75 Å². The number of phenols is 1. The monoisotopic (exact) mass is 494 g/mol. The average Bonchev–Trinajstić information content (AvgIpc) is 3.13. The van der Waals surface area contributed by atoms with Gasteiger partial charge >= 0.3 is 11.9 Å². The summed E-state index contributed by atoms with van der Waals surface area (Å²) in [6.45, 7) is 3.13. The number of aliphatic hydroxyl groups is 4. The molecule has 35 heavy (non-hydrogen) atoms. The second-order valence-corrected chi connectivity index (χ2v) is 8.60. The van der Waals surface area contributed by atoms with Gasteiger partial charge in [0.2, 0.25) is 12.6 Å². The number of aliphatic hydroxyl groups excluding tert-OH is 4. The van der Waals surface area contributed by atoms with Gasteiger partial charge in [-0.3, -0.25) is 0 Å². The minimum Gasteiger partial charge on any atom is -0.508 e. The fourth-order valence-electron chi connectivity index (χ4n) is 4.55. The summed E-state index contributed by atoms with van der Waals surface area (Å²) in [6.07, 6.45) is -8.95. The average molecular weight is 494 g/mol. The lowest BCUT2D eigenvalue weighted by molar-refractivity contribution is -0.338. The molecule has 2 heterocycles. The third-order valence-corrected chi connectivity index (χ3v) is 6.47. The van der Waals surface area contributed by atoms with Crippen molar-refractivity contribution in [2.24, 2.45) is 11.8 Å². The first kappa shape index (κ1) is 25.1. The Morgan fingerprint density at radius 1 is 1.09 bits per heavy atom. The molecule has 0 spiro atoms. The molecule has 1 aliphatic carbocycles. The van der Waals surface area contributed by atoms with Crippen LogP contribution in [-0.4, -0.2) is 92.3 Å². The summed E-state index contributed by atoms with van der Waals surface area (Å²) in [5, 5.41) is 59.7. The lowest BCUT2D eigenvalue weighted by Crippen LogP contribution is -2.61. The van der Waals surface area contributed by atoms with Crippen LogP contribution in [0.2, 0.25) is 0 Å². The molecule has 1 aromatic carbocycles. The van der Waals surface area contributed by atoms with Gasteiger partial charge in [-0.1, -0.05) is 6.58 Å². The van der Waals surface area contributed by atoms with E-state index >= 15 is 0 Å². The first-order valence-corrected chi connectivity index (χ1v) is 10.9. The number of ether oxygens (including phenoxy) is 4. The number of benzene rings is 1. The summed E-state index contributed by atoms with van der Waals surface area (Å²) in [5.41, 5.74) is 0.235. The van der Waals surface area contributed by atoms with Crippen LogP contribution in [0.1, 0.15) is 16.8 Å². The predicted molar refractivity (Wildman–Crippen MR) is 113 cm³/mol. The first-order chi connectivity index (χ1) is 16.6. The highest BCUT2D eigenvalue weighted by Crippen LogP contribution is 2.46. The molecule has 12 nitrogen and oxygen atoms in total. The van der Waals surface area contributed by atoms with Gasteiger partial charge in [-0.2, -0.15) is 0 Å². The molecule has 6 N–H and O–H groups in total. The summed E-state index contributed by atoms with van der Waals surface area (Å²) < 4.78 is 22.3. The maximum atomic E-state index is 12.7. The number of rotatable bonds is 6. The fourth-order valence-corrected chi connectivity index (χ4v) is 4.55. The molecular formula is C23H26O12. The molecule has 1 saturated heterocycles. The van der Waals surface area contributed by atoms with Crippen LogP contribution in [0.15, 0.2) is 48.3 Å². The fraction of sp³-hybridized carbons (Fsp3) is 0.478. The Balaban J connectivity index is 1.59. The van der Waals surface area contributed by atoms with Crippen LogP contribution < -0.4 is 0 Å². The SMILES string of the molecule is C=C1C(O)C[C@@H]2C(C(=O)O)=CO[C@@H](O[C@@H]3O[C@H](CO)[C@@H](O)[C@H](O)[C@H]3OC(=O)c3ccc(O)cc3)[C@H]12. The van der Waals surface area contributed by atoms with E-state index < -0.39 is 73.5 Å². The molecule has 2 aliphatic heterocycles. The molecule has 4 rings (SSSR count). The summed E-state index contributed by atoms with van der Waals surface area (Å²) in [4.78, 5) is 24.3. The van der Waals surface area contributed by atoms with Crippen molar-refractivity contribution in [2.75, 3.05) is 6.61 Å². The molecule has 1 unspecified atom stereocenters. The van der Waals surface area contributed by atoms with Crippen molar-refractivity contribution in [3.8, 4) is 5.75 Å². The molecular weight excluding hydrogens is 468 g/mol. The van der Waals surface area contributed by atoms with Crippen LogP contribution in [0.25, 0.3) is 0 Å². The summed E-state index contributed by atoms with van der Waals surface area (Å²) in [5.74, 6) is -3.71. The molecule has 0 amide bonds. The minimum absolute atomic E-state index is 0.0304. The van der Waals surface area contributed by atoms with Gasteiger partial charge in [-0.05, 0) is 36.3 Å². The number of carbonyl (C=O) groups excluding carboxylic acids is 1. The quantitative estimate of drug-likeness (QED) is 0.214. The smallest absolute Gasteiger partial charge is 0.338 e. The Kier molecular flexibility index (Phi) is 7.12. The van der Waals surface area contributed by atoms with Gasteiger partial charge in [-0.15, -0.1) is 0 Å². The van der Waals surface area contributed by atoms with Crippen LogP contribution >= 0.6 is 0 Å². The van der Waals surface area contributed by atoms with Crippen molar-refractivity contribution in [2.45, 2.75) is 49.5 Å². The summed E-state index contributed by atoms with van der Waals surface area (Å²) in [7, 11) is 0. The standard InChI is InChI=1S/C23H26O12/c1-9-14(26)6-12-13(20(29)30)8-32-22(16(9)12)35-23-19(18(28)17(27)15(7-24)33-23)34-21(31)10-2-4-11(25)5-3-10/h2-5,8,12,14-19,22-28H,1,6-7H2,(H,29,30)/t12-,14?,15-,16-,17-,18+,19-,22+,23+/m1/s1. The minimum atomic E-state index is -1.73. The van der Waals surface area contributed by atoms with E-state index in [1.165, 1.54) is 24.3 Å². The van der Waals surface area contributed by atoms with Crippen molar-refractivity contribution in [3.05, 3.63) is 53.8 Å². The molecule has 1 aromatic rings. The zero-order valence-electron chi connectivity index (χ0n) is 18.3. The van der Waals surface area contributed by atoms with E-state index in [2.05, 4.69) is 6.58 Å². The van der Waals surface area contributed by atoms with Crippen molar-refractivity contribution >= 4 is 11.9 Å². The maximum absolute atomic E-state index is 12.7. The number of carboxylic acids is 1. The number of phenolic OH excluding ortho intramolecular Hbond substituents is 1. The molecule has 12 heteroatoms. The zero-order valence-corrected chi connectivity index (χ0v) is 18.3. The van der Waals surface area contributed by atoms with E-state index in [-0.39, 0.29) is 28.9 Å². The Morgan fingerprint density at radius 2 is 1.77 bits per heavy atom. The molecule has 0 bridgehead atoms. The van der Waals surface area contributed by atoms with Crippen LogP contribution in [0.4, 0.5) is 0 Å². The third kappa shape index (κ3) is 4.76. The van der Waals surface area contributed by atoms with Crippen LogP contribution in [0.3, 0.4) is 0 Å². The number of aliphatic carboxylic acids is 1. The number of carboxylic acid groups (broad SMARTS) is 1. The van der Waals surface area contributed by atoms with Crippen molar-refractivity contribution < 1.29 is 59.2 Å². The highest BCUT2D eigenvalue weighted by atomic mass is 16.8. The van der Waals surface area contributed by atoms with Gasteiger partial charge < -0.3 is 49.6 Å². The van der Waals surface area contributed by atoms with Gasteiger partial charge in [0.25, 0.3) is 0 Å². The maximum Gasteiger partial charge on any atom is 0.338 e. The number of hydrogen-bond acceptors (Lipinski definition) is 11. The second kappa shape index (κ2) is 9.93. The topological polar surface area (TPSA) is 192 Å². The number of hydrogen-bond donors (Lipinski definition) is 6. The first-order valence-electron chi connectivity index (χ1n) is 10.9.